The minimum atomic E-state index is -0.0117. The number of amides is 1. The van der Waals surface area contributed by atoms with Crippen LogP contribution in [0.1, 0.15) is 24.4 Å². The number of benzene rings is 2. The van der Waals surface area contributed by atoms with Gasteiger partial charge in [-0.05, 0) is 12.5 Å². The molecule has 0 spiro atoms. The molecular formula is C19H19N3O2S. The quantitative estimate of drug-likeness (QED) is 0.699. The van der Waals surface area contributed by atoms with Crippen LogP contribution in [0.15, 0.2) is 65.2 Å². The Morgan fingerprint density at radius 2 is 1.80 bits per heavy atom. The summed E-state index contributed by atoms with van der Waals surface area (Å²) in [5, 5.41) is 6.96. The van der Waals surface area contributed by atoms with Gasteiger partial charge in [0.25, 0.3) is 0 Å². The van der Waals surface area contributed by atoms with Crippen LogP contribution in [0.25, 0.3) is 11.4 Å². The van der Waals surface area contributed by atoms with Gasteiger partial charge in [-0.2, -0.15) is 4.98 Å². The lowest BCUT2D eigenvalue weighted by Gasteiger charge is -2.13. The summed E-state index contributed by atoms with van der Waals surface area (Å²) < 4.78 is 5.24. The predicted molar refractivity (Wildman–Crippen MR) is 98.9 cm³/mol. The van der Waals surface area contributed by atoms with E-state index in [2.05, 4.69) is 15.5 Å². The van der Waals surface area contributed by atoms with Crippen molar-refractivity contribution in [2.75, 3.05) is 5.75 Å². The largest absolute Gasteiger partial charge is 0.349 e. The zero-order valence-electron chi connectivity index (χ0n) is 13.9. The SMILES string of the molecule is CC(NC(=O)CSCc1nc(-c2ccccc2)no1)c1ccccc1. The van der Waals surface area contributed by atoms with E-state index in [1.165, 1.54) is 11.8 Å². The van der Waals surface area contributed by atoms with Gasteiger partial charge in [-0.1, -0.05) is 65.8 Å². The third kappa shape index (κ3) is 4.93. The van der Waals surface area contributed by atoms with Crippen molar-refractivity contribution >= 4 is 17.7 Å². The number of nitrogens with one attached hydrogen (secondary N) is 1. The molecule has 128 valence electrons. The Hall–Kier alpha value is -2.60. The standard InChI is InChI=1S/C19H19N3O2S/c1-14(15-8-4-2-5-9-15)20-17(23)12-25-13-18-21-19(22-24-18)16-10-6-3-7-11-16/h2-11,14H,12-13H2,1H3,(H,20,23). The van der Waals surface area contributed by atoms with Gasteiger partial charge in [0, 0.05) is 5.56 Å². The first kappa shape index (κ1) is 17.2. The van der Waals surface area contributed by atoms with Crippen LogP contribution in [0, 0.1) is 0 Å². The predicted octanol–water partition coefficient (Wildman–Crippen LogP) is 3.85. The van der Waals surface area contributed by atoms with Crippen molar-refractivity contribution in [2.24, 2.45) is 0 Å². The fourth-order valence-electron chi connectivity index (χ4n) is 2.36. The van der Waals surface area contributed by atoms with Crippen molar-refractivity contribution in [3.8, 4) is 11.4 Å². The van der Waals surface area contributed by atoms with Crippen LogP contribution in [0.5, 0.6) is 0 Å². The Balaban J connectivity index is 1.45. The number of hydrogen-bond donors (Lipinski definition) is 1. The van der Waals surface area contributed by atoms with Gasteiger partial charge in [0.1, 0.15) is 0 Å². The summed E-state index contributed by atoms with van der Waals surface area (Å²) in [5.74, 6) is 1.93. The average Bonchev–Trinajstić information content (AvgIpc) is 3.12. The second-order valence-corrected chi connectivity index (χ2v) is 6.56. The maximum Gasteiger partial charge on any atom is 0.236 e. The van der Waals surface area contributed by atoms with E-state index in [-0.39, 0.29) is 11.9 Å². The Bertz CT molecular complexity index is 806. The lowest BCUT2D eigenvalue weighted by atomic mass is 10.1. The second-order valence-electron chi connectivity index (χ2n) is 5.57. The van der Waals surface area contributed by atoms with Crippen molar-refractivity contribution in [1.29, 1.82) is 0 Å². The Labute approximate surface area is 150 Å². The van der Waals surface area contributed by atoms with Crippen LogP contribution in [0.4, 0.5) is 0 Å². The molecule has 3 rings (SSSR count). The lowest BCUT2D eigenvalue weighted by Crippen LogP contribution is -2.28. The highest BCUT2D eigenvalue weighted by Crippen LogP contribution is 2.18. The monoisotopic (exact) mass is 353 g/mol. The number of nitrogens with zero attached hydrogens (tertiary/aromatic N) is 2. The zero-order chi connectivity index (χ0) is 17.5. The summed E-state index contributed by atoms with van der Waals surface area (Å²) in [6.45, 7) is 1.97. The highest BCUT2D eigenvalue weighted by molar-refractivity contribution is 7.99. The Morgan fingerprint density at radius 3 is 2.52 bits per heavy atom. The molecule has 1 N–H and O–H groups in total. The maximum absolute atomic E-state index is 12.0. The Kier molecular flexibility index (Phi) is 5.85. The molecule has 0 saturated heterocycles. The number of thioether (sulfide) groups is 1. The fraction of sp³-hybridized carbons (Fsp3) is 0.211. The molecule has 1 heterocycles. The number of hydrogen-bond acceptors (Lipinski definition) is 5. The minimum absolute atomic E-state index is 0.0100. The van der Waals surface area contributed by atoms with E-state index in [4.69, 9.17) is 4.52 Å². The van der Waals surface area contributed by atoms with Gasteiger partial charge in [0.15, 0.2) is 0 Å². The molecule has 0 radical (unpaired) electrons. The van der Waals surface area contributed by atoms with E-state index in [1.807, 2.05) is 67.6 Å². The molecule has 0 saturated carbocycles. The van der Waals surface area contributed by atoms with E-state index in [9.17, 15) is 4.79 Å². The molecule has 1 atom stereocenters. The van der Waals surface area contributed by atoms with E-state index in [0.717, 1.165) is 11.1 Å². The summed E-state index contributed by atoms with van der Waals surface area (Å²) in [6, 6.07) is 19.5. The zero-order valence-corrected chi connectivity index (χ0v) is 14.7. The van der Waals surface area contributed by atoms with Gasteiger partial charge in [-0.25, -0.2) is 0 Å². The van der Waals surface area contributed by atoms with Gasteiger partial charge < -0.3 is 9.84 Å². The topological polar surface area (TPSA) is 68.0 Å². The van der Waals surface area contributed by atoms with Crippen LogP contribution < -0.4 is 5.32 Å². The van der Waals surface area contributed by atoms with Gasteiger partial charge in [-0.3, -0.25) is 4.79 Å². The van der Waals surface area contributed by atoms with Crippen molar-refractivity contribution in [3.05, 3.63) is 72.1 Å². The van der Waals surface area contributed by atoms with Gasteiger partial charge >= 0.3 is 0 Å². The van der Waals surface area contributed by atoms with Gasteiger partial charge in [-0.15, -0.1) is 11.8 Å². The first-order valence-electron chi connectivity index (χ1n) is 8.02. The Morgan fingerprint density at radius 1 is 1.12 bits per heavy atom. The summed E-state index contributed by atoms with van der Waals surface area (Å²) >= 11 is 1.45. The van der Waals surface area contributed by atoms with Crippen LogP contribution in [-0.4, -0.2) is 21.8 Å². The molecule has 1 aromatic heterocycles. The molecule has 0 aliphatic carbocycles. The van der Waals surface area contributed by atoms with Crippen molar-refractivity contribution in [1.82, 2.24) is 15.5 Å². The van der Waals surface area contributed by atoms with E-state index in [1.54, 1.807) is 0 Å². The lowest BCUT2D eigenvalue weighted by molar-refractivity contribution is -0.119. The third-order valence-electron chi connectivity index (χ3n) is 3.64. The van der Waals surface area contributed by atoms with Crippen molar-refractivity contribution in [2.45, 2.75) is 18.7 Å². The van der Waals surface area contributed by atoms with Crippen LogP contribution in [-0.2, 0) is 10.5 Å². The first-order valence-corrected chi connectivity index (χ1v) is 9.18. The van der Waals surface area contributed by atoms with Crippen molar-refractivity contribution < 1.29 is 9.32 Å². The summed E-state index contributed by atoms with van der Waals surface area (Å²) in [4.78, 5) is 16.4. The molecule has 6 heteroatoms. The number of rotatable bonds is 7. The molecule has 0 fully saturated rings. The number of carbonyl (C=O) groups excluding carboxylic acids is 1. The third-order valence-corrected chi connectivity index (χ3v) is 4.55. The normalized spacial score (nSPS) is 11.9. The second kappa shape index (κ2) is 8.48. The molecule has 25 heavy (non-hydrogen) atoms. The highest BCUT2D eigenvalue weighted by Gasteiger charge is 2.11. The van der Waals surface area contributed by atoms with E-state index >= 15 is 0 Å². The smallest absolute Gasteiger partial charge is 0.236 e. The van der Waals surface area contributed by atoms with Gasteiger partial charge in [0.2, 0.25) is 17.6 Å². The number of carbonyl (C=O) groups is 1. The summed E-state index contributed by atoms with van der Waals surface area (Å²) in [5.41, 5.74) is 2.00. The minimum Gasteiger partial charge on any atom is -0.349 e. The molecule has 3 aromatic rings. The fourth-order valence-corrected chi connectivity index (χ4v) is 3.02. The molecule has 5 nitrogen and oxygen atoms in total. The number of aromatic nitrogens is 2. The first-order chi connectivity index (χ1) is 12.2. The van der Waals surface area contributed by atoms with Gasteiger partial charge in [0.05, 0.1) is 17.5 Å². The maximum atomic E-state index is 12.0. The average molecular weight is 353 g/mol. The van der Waals surface area contributed by atoms with Crippen LogP contribution in [0.2, 0.25) is 0 Å². The molecule has 0 bridgehead atoms. The molecular weight excluding hydrogens is 334 g/mol. The molecule has 2 aromatic carbocycles. The summed E-state index contributed by atoms with van der Waals surface area (Å²) in [7, 11) is 0. The highest BCUT2D eigenvalue weighted by atomic mass is 32.2. The van der Waals surface area contributed by atoms with Crippen LogP contribution in [0.3, 0.4) is 0 Å². The van der Waals surface area contributed by atoms with E-state index in [0.29, 0.717) is 23.2 Å². The van der Waals surface area contributed by atoms with Crippen molar-refractivity contribution in [3.63, 3.8) is 0 Å². The summed E-state index contributed by atoms with van der Waals surface area (Å²) in [6.07, 6.45) is 0. The van der Waals surface area contributed by atoms with E-state index < -0.39 is 0 Å². The molecule has 0 aliphatic heterocycles. The molecule has 0 aliphatic rings. The molecule has 1 unspecified atom stereocenters. The van der Waals surface area contributed by atoms with Crippen LogP contribution >= 0.6 is 11.8 Å². The molecule has 1 amide bonds.